The summed E-state index contributed by atoms with van der Waals surface area (Å²) in [6.45, 7) is 1.97. The second-order valence-corrected chi connectivity index (χ2v) is 6.57. The van der Waals surface area contributed by atoms with Crippen molar-refractivity contribution in [1.82, 2.24) is 10.0 Å². The Labute approximate surface area is 101 Å². The number of rotatable bonds is 3. The lowest BCUT2D eigenvalue weighted by molar-refractivity contribution is 0.336. The zero-order chi connectivity index (χ0) is 11.9. The van der Waals surface area contributed by atoms with Crippen molar-refractivity contribution in [1.29, 1.82) is 0 Å². The normalized spacial score (nSPS) is 27.2. The summed E-state index contributed by atoms with van der Waals surface area (Å²) in [5.41, 5.74) is 0.199. The molecule has 1 aromatic heterocycles. The standard InChI is InChI=1S/C11H16N2O3S/c14-17(15,10-2-1-7-16-10)13-9-8-11(9)3-5-12-6-4-11/h1-2,7,9,12-13H,3-6,8H2. The van der Waals surface area contributed by atoms with E-state index in [4.69, 9.17) is 4.42 Å². The Bertz CT molecular complexity index is 489. The molecule has 1 aliphatic heterocycles. The predicted molar refractivity (Wildman–Crippen MR) is 62.0 cm³/mol. The highest BCUT2D eigenvalue weighted by Gasteiger charge is 2.55. The van der Waals surface area contributed by atoms with Crippen molar-refractivity contribution in [3.8, 4) is 0 Å². The van der Waals surface area contributed by atoms with Crippen molar-refractivity contribution in [2.75, 3.05) is 13.1 Å². The van der Waals surface area contributed by atoms with Gasteiger partial charge in [0.25, 0.3) is 10.0 Å². The van der Waals surface area contributed by atoms with E-state index >= 15 is 0 Å². The lowest BCUT2D eigenvalue weighted by Crippen LogP contribution is -2.35. The van der Waals surface area contributed by atoms with Crippen LogP contribution in [0.5, 0.6) is 0 Å². The van der Waals surface area contributed by atoms with E-state index in [1.165, 1.54) is 12.3 Å². The highest BCUT2D eigenvalue weighted by molar-refractivity contribution is 7.89. The zero-order valence-corrected chi connectivity index (χ0v) is 10.3. The molecular weight excluding hydrogens is 240 g/mol. The van der Waals surface area contributed by atoms with Crippen LogP contribution in [0.15, 0.2) is 27.9 Å². The van der Waals surface area contributed by atoms with Gasteiger partial charge in [0.15, 0.2) is 0 Å². The minimum Gasteiger partial charge on any atom is -0.452 e. The molecule has 0 bridgehead atoms. The van der Waals surface area contributed by atoms with Gasteiger partial charge in [-0.1, -0.05) is 0 Å². The molecule has 94 valence electrons. The first-order valence-corrected chi connectivity index (χ1v) is 7.37. The number of hydrogen-bond acceptors (Lipinski definition) is 4. The van der Waals surface area contributed by atoms with Crippen molar-refractivity contribution >= 4 is 10.0 Å². The molecule has 1 unspecified atom stereocenters. The summed E-state index contributed by atoms with van der Waals surface area (Å²) >= 11 is 0. The monoisotopic (exact) mass is 256 g/mol. The third-order valence-corrected chi connectivity index (χ3v) is 5.20. The molecule has 6 heteroatoms. The highest BCUT2D eigenvalue weighted by Crippen LogP contribution is 2.53. The van der Waals surface area contributed by atoms with Gasteiger partial charge in [0, 0.05) is 6.04 Å². The van der Waals surface area contributed by atoms with Crippen molar-refractivity contribution < 1.29 is 12.8 Å². The van der Waals surface area contributed by atoms with E-state index in [2.05, 4.69) is 10.0 Å². The molecule has 2 heterocycles. The predicted octanol–water partition coefficient (Wildman–Crippen LogP) is 0.700. The number of furan rings is 1. The van der Waals surface area contributed by atoms with Gasteiger partial charge in [-0.05, 0) is 49.9 Å². The lowest BCUT2D eigenvalue weighted by atomic mass is 9.94. The lowest BCUT2D eigenvalue weighted by Gasteiger charge is -2.23. The van der Waals surface area contributed by atoms with Crippen LogP contribution in [0.3, 0.4) is 0 Å². The first kappa shape index (κ1) is 11.3. The highest BCUT2D eigenvalue weighted by atomic mass is 32.2. The van der Waals surface area contributed by atoms with Crippen molar-refractivity contribution in [3.05, 3.63) is 18.4 Å². The third kappa shape index (κ3) is 2.00. The number of nitrogens with one attached hydrogen (secondary N) is 2. The van der Waals surface area contributed by atoms with Crippen LogP contribution >= 0.6 is 0 Å². The molecular formula is C11H16N2O3S. The van der Waals surface area contributed by atoms with Gasteiger partial charge < -0.3 is 9.73 Å². The summed E-state index contributed by atoms with van der Waals surface area (Å²) in [5, 5.41) is 3.30. The second-order valence-electron chi connectivity index (χ2n) is 4.92. The van der Waals surface area contributed by atoms with E-state index in [-0.39, 0.29) is 16.5 Å². The molecule has 5 nitrogen and oxygen atoms in total. The quantitative estimate of drug-likeness (QED) is 0.835. The van der Waals surface area contributed by atoms with Crippen LogP contribution in [0.25, 0.3) is 0 Å². The molecule has 3 rings (SSSR count). The Morgan fingerprint density at radius 1 is 1.41 bits per heavy atom. The van der Waals surface area contributed by atoms with E-state index < -0.39 is 10.0 Å². The average molecular weight is 256 g/mol. The first-order chi connectivity index (χ1) is 8.12. The van der Waals surface area contributed by atoms with E-state index in [0.29, 0.717) is 0 Å². The number of piperidine rings is 1. The topological polar surface area (TPSA) is 71.3 Å². The first-order valence-electron chi connectivity index (χ1n) is 5.89. The van der Waals surface area contributed by atoms with Crippen LogP contribution in [0.4, 0.5) is 0 Å². The summed E-state index contributed by atoms with van der Waals surface area (Å²) in [4.78, 5) is 0. The third-order valence-electron chi connectivity index (χ3n) is 3.85. The molecule has 1 saturated heterocycles. The van der Waals surface area contributed by atoms with Gasteiger partial charge in [0.05, 0.1) is 6.26 Å². The number of hydrogen-bond donors (Lipinski definition) is 2. The van der Waals surface area contributed by atoms with Crippen LogP contribution in [-0.2, 0) is 10.0 Å². The van der Waals surface area contributed by atoms with Crippen LogP contribution in [0.1, 0.15) is 19.3 Å². The molecule has 2 N–H and O–H groups in total. The molecule has 1 aromatic rings. The minimum absolute atomic E-state index is 0.00786. The summed E-state index contributed by atoms with van der Waals surface area (Å²) in [5.74, 6) is 0. The van der Waals surface area contributed by atoms with Crippen LogP contribution < -0.4 is 10.0 Å². The minimum atomic E-state index is -3.47. The Morgan fingerprint density at radius 3 is 2.82 bits per heavy atom. The van der Waals surface area contributed by atoms with Gasteiger partial charge in [0.2, 0.25) is 5.09 Å². The molecule has 1 spiro atoms. The van der Waals surface area contributed by atoms with E-state index in [0.717, 1.165) is 32.4 Å². The molecule has 1 atom stereocenters. The number of sulfonamides is 1. The molecule has 0 amide bonds. The smallest absolute Gasteiger partial charge is 0.274 e. The van der Waals surface area contributed by atoms with Gasteiger partial charge >= 0.3 is 0 Å². The van der Waals surface area contributed by atoms with Gasteiger partial charge in [-0.2, -0.15) is 0 Å². The summed E-state index contributed by atoms with van der Waals surface area (Å²) in [6, 6.07) is 3.14. The molecule has 0 aromatic carbocycles. The summed E-state index contributed by atoms with van der Waals surface area (Å²) < 4.78 is 31.6. The van der Waals surface area contributed by atoms with Crippen LogP contribution in [-0.4, -0.2) is 27.5 Å². The fourth-order valence-electron chi connectivity index (χ4n) is 2.65. The van der Waals surface area contributed by atoms with Gasteiger partial charge in [-0.15, -0.1) is 0 Å². The van der Waals surface area contributed by atoms with Crippen LogP contribution in [0, 0.1) is 5.41 Å². The average Bonchev–Trinajstić information content (AvgIpc) is 2.78. The fraction of sp³-hybridized carbons (Fsp3) is 0.636. The van der Waals surface area contributed by atoms with Crippen molar-refractivity contribution in [3.63, 3.8) is 0 Å². The Hall–Kier alpha value is -0.850. The zero-order valence-electron chi connectivity index (χ0n) is 9.48. The van der Waals surface area contributed by atoms with Crippen molar-refractivity contribution in [2.45, 2.75) is 30.4 Å². The maximum absolute atomic E-state index is 11.9. The second kappa shape index (κ2) is 3.83. The Balaban J connectivity index is 1.69. The maximum atomic E-state index is 11.9. The molecule has 0 radical (unpaired) electrons. The van der Waals surface area contributed by atoms with Gasteiger partial charge in [-0.25, -0.2) is 13.1 Å². The molecule has 2 fully saturated rings. The van der Waals surface area contributed by atoms with E-state index in [1.54, 1.807) is 6.07 Å². The fourth-order valence-corrected chi connectivity index (χ4v) is 3.92. The molecule has 1 aliphatic carbocycles. The van der Waals surface area contributed by atoms with E-state index in [9.17, 15) is 8.42 Å². The maximum Gasteiger partial charge on any atom is 0.274 e. The van der Waals surface area contributed by atoms with Gasteiger partial charge in [-0.3, -0.25) is 0 Å². The van der Waals surface area contributed by atoms with E-state index in [1.807, 2.05) is 0 Å². The molecule has 2 aliphatic rings. The SMILES string of the molecule is O=S(=O)(NC1CC12CCNCC2)c1ccco1. The summed E-state index contributed by atoms with van der Waals surface area (Å²) in [6.07, 6.45) is 4.44. The molecule has 1 saturated carbocycles. The molecule has 17 heavy (non-hydrogen) atoms. The largest absolute Gasteiger partial charge is 0.452 e. The van der Waals surface area contributed by atoms with Crippen molar-refractivity contribution in [2.24, 2.45) is 5.41 Å². The van der Waals surface area contributed by atoms with Crippen LogP contribution in [0.2, 0.25) is 0 Å². The van der Waals surface area contributed by atoms with Gasteiger partial charge in [0.1, 0.15) is 0 Å². The Kier molecular flexibility index (Phi) is 2.53. The summed E-state index contributed by atoms with van der Waals surface area (Å²) in [7, 11) is -3.47. The Morgan fingerprint density at radius 2 is 2.18 bits per heavy atom.